The maximum absolute atomic E-state index is 11.4. The van der Waals surface area contributed by atoms with Gasteiger partial charge in [-0.25, -0.2) is 12.7 Å². The van der Waals surface area contributed by atoms with Gasteiger partial charge in [0.05, 0.1) is 18.4 Å². The summed E-state index contributed by atoms with van der Waals surface area (Å²) in [5.74, 6) is -0.337. The van der Waals surface area contributed by atoms with Gasteiger partial charge in [-0.05, 0) is 6.92 Å². The minimum absolute atomic E-state index is 0.0433. The molecule has 1 amide bonds. The number of hydrogen-bond acceptors (Lipinski definition) is 4. The molecule has 2 atom stereocenters. The first-order chi connectivity index (χ1) is 7.55. The predicted octanol–water partition coefficient (Wildman–Crippen LogP) is -0.601. The molecular weight excluding hydrogens is 244 g/mol. The Bertz CT molecular complexity index is 353. The largest absolute Gasteiger partial charge is 0.390 e. The molecule has 0 aliphatic rings. The molecule has 0 aliphatic carbocycles. The summed E-state index contributed by atoms with van der Waals surface area (Å²) in [4.78, 5) is 11.4. The highest BCUT2D eigenvalue weighted by molar-refractivity contribution is 7.88. The number of carbonyl (C=O) groups excluding carboxylic acids is 1. The lowest BCUT2D eigenvalue weighted by Gasteiger charge is -2.24. The Hall–Kier alpha value is -0.660. The van der Waals surface area contributed by atoms with Crippen molar-refractivity contribution >= 4 is 15.9 Å². The van der Waals surface area contributed by atoms with E-state index < -0.39 is 22.2 Å². The normalized spacial score (nSPS) is 16.0. The Morgan fingerprint density at radius 2 is 1.82 bits per heavy atom. The number of carbonyl (C=O) groups is 1. The van der Waals surface area contributed by atoms with E-state index in [2.05, 4.69) is 5.32 Å². The van der Waals surface area contributed by atoms with Crippen molar-refractivity contribution in [1.29, 1.82) is 0 Å². The minimum atomic E-state index is -3.32. The molecule has 0 bridgehead atoms. The van der Waals surface area contributed by atoms with Gasteiger partial charge in [0, 0.05) is 19.5 Å². The number of nitrogens with zero attached hydrogens (tertiary/aromatic N) is 1. The fourth-order valence-corrected chi connectivity index (χ4v) is 1.47. The van der Waals surface area contributed by atoms with E-state index in [1.54, 1.807) is 20.8 Å². The minimum Gasteiger partial charge on any atom is -0.390 e. The van der Waals surface area contributed by atoms with Crippen molar-refractivity contribution in [2.75, 3.05) is 19.8 Å². The lowest BCUT2D eigenvalue weighted by atomic mass is 10.1. The van der Waals surface area contributed by atoms with Crippen molar-refractivity contribution in [3.63, 3.8) is 0 Å². The third-order valence-corrected chi connectivity index (χ3v) is 3.76. The summed E-state index contributed by atoms with van der Waals surface area (Å²) in [6, 6.07) is -0.492. The molecule has 0 spiro atoms. The van der Waals surface area contributed by atoms with Gasteiger partial charge in [0.1, 0.15) is 0 Å². The number of rotatable bonds is 6. The summed E-state index contributed by atoms with van der Waals surface area (Å²) in [7, 11) is -1.93. The molecule has 0 aromatic heterocycles. The van der Waals surface area contributed by atoms with E-state index in [0.717, 1.165) is 10.6 Å². The van der Waals surface area contributed by atoms with Gasteiger partial charge in [-0.15, -0.1) is 0 Å². The first-order valence-electron chi connectivity index (χ1n) is 5.45. The van der Waals surface area contributed by atoms with Crippen LogP contribution in [0.4, 0.5) is 0 Å². The molecule has 0 rings (SSSR count). The average molecular weight is 266 g/mol. The van der Waals surface area contributed by atoms with Gasteiger partial charge in [0.25, 0.3) is 0 Å². The molecule has 0 fully saturated rings. The summed E-state index contributed by atoms with van der Waals surface area (Å²) >= 11 is 0. The molecule has 6 nitrogen and oxygen atoms in total. The van der Waals surface area contributed by atoms with Crippen LogP contribution in [0.15, 0.2) is 0 Å². The van der Waals surface area contributed by atoms with E-state index in [4.69, 9.17) is 0 Å². The van der Waals surface area contributed by atoms with Crippen LogP contribution in [-0.4, -0.2) is 55.7 Å². The number of nitrogens with one attached hydrogen (secondary N) is 1. The Morgan fingerprint density at radius 3 is 2.18 bits per heavy atom. The molecular formula is C10H22N2O4S. The van der Waals surface area contributed by atoms with Crippen molar-refractivity contribution in [1.82, 2.24) is 9.62 Å². The Kier molecular flexibility index (Phi) is 6.08. The van der Waals surface area contributed by atoms with E-state index in [1.807, 2.05) is 0 Å². The quantitative estimate of drug-likeness (QED) is 0.672. The van der Waals surface area contributed by atoms with Gasteiger partial charge >= 0.3 is 0 Å². The first-order valence-corrected chi connectivity index (χ1v) is 7.30. The Labute approximate surface area is 103 Å². The molecule has 0 aromatic carbocycles. The van der Waals surface area contributed by atoms with Crippen LogP contribution in [-0.2, 0) is 14.8 Å². The van der Waals surface area contributed by atoms with Crippen LogP contribution in [0.2, 0.25) is 0 Å². The van der Waals surface area contributed by atoms with Crippen molar-refractivity contribution < 1.29 is 18.3 Å². The molecule has 0 aromatic rings. The Morgan fingerprint density at radius 1 is 1.35 bits per heavy atom. The van der Waals surface area contributed by atoms with Crippen LogP contribution in [0.3, 0.4) is 0 Å². The number of aliphatic hydroxyl groups is 1. The SMILES string of the molecule is CC(C)C(=O)N[C@@H](C)C(O)CN(C)S(C)(=O)=O. The van der Waals surface area contributed by atoms with Crippen LogP contribution in [0.25, 0.3) is 0 Å². The number of likely N-dealkylation sites (N-methyl/N-ethyl adjacent to an activating group) is 1. The van der Waals surface area contributed by atoms with Crippen molar-refractivity contribution in [3.05, 3.63) is 0 Å². The molecule has 102 valence electrons. The summed E-state index contributed by atoms with van der Waals surface area (Å²) in [6.07, 6.45) is 0.134. The third-order valence-electron chi connectivity index (χ3n) is 2.48. The monoisotopic (exact) mass is 266 g/mol. The van der Waals surface area contributed by atoms with Crippen molar-refractivity contribution in [2.45, 2.75) is 32.9 Å². The van der Waals surface area contributed by atoms with Gasteiger partial charge in [-0.1, -0.05) is 13.8 Å². The molecule has 17 heavy (non-hydrogen) atoms. The van der Waals surface area contributed by atoms with Gasteiger partial charge < -0.3 is 10.4 Å². The van der Waals surface area contributed by atoms with Crippen molar-refractivity contribution in [2.24, 2.45) is 5.92 Å². The highest BCUT2D eigenvalue weighted by Gasteiger charge is 2.22. The number of hydrogen-bond donors (Lipinski definition) is 2. The van der Waals surface area contributed by atoms with E-state index in [1.165, 1.54) is 7.05 Å². The van der Waals surface area contributed by atoms with Crippen LogP contribution in [0.5, 0.6) is 0 Å². The topological polar surface area (TPSA) is 86.7 Å². The summed E-state index contributed by atoms with van der Waals surface area (Å²) in [5, 5.41) is 12.4. The summed E-state index contributed by atoms with van der Waals surface area (Å²) in [5.41, 5.74) is 0. The highest BCUT2D eigenvalue weighted by atomic mass is 32.2. The molecule has 0 heterocycles. The number of sulfonamides is 1. The smallest absolute Gasteiger partial charge is 0.222 e. The molecule has 7 heteroatoms. The molecule has 0 saturated heterocycles. The third kappa shape index (κ3) is 5.99. The van der Waals surface area contributed by atoms with Gasteiger partial charge in [-0.3, -0.25) is 4.79 Å². The summed E-state index contributed by atoms with van der Waals surface area (Å²) in [6.45, 7) is 5.09. The van der Waals surface area contributed by atoms with Gasteiger partial charge in [-0.2, -0.15) is 0 Å². The summed E-state index contributed by atoms with van der Waals surface area (Å²) < 4.78 is 23.3. The second kappa shape index (κ2) is 6.32. The van der Waals surface area contributed by atoms with Gasteiger partial charge in [0.15, 0.2) is 0 Å². The van der Waals surface area contributed by atoms with Crippen LogP contribution in [0, 0.1) is 5.92 Å². The zero-order valence-electron chi connectivity index (χ0n) is 11.0. The highest BCUT2D eigenvalue weighted by Crippen LogP contribution is 2.01. The van der Waals surface area contributed by atoms with Crippen LogP contribution in [0.1, 0.15) is 20.8 Å². The van der Waals surface area contributed by atoms with Crippen LogP contribution >= 0.6 is 0 Å². The molecule has 1 unspecified atom stereocenters. The number of aliphatic hydroxyl groups excluding tert-OH is 1. The fraction of sp³-hybridized carbons (Fsp3) is 0.900. The van der Waals surface area contributed by atoms with E-state index in [0.29, 0.717) is 0 Å². The fourth-order valence-electron chi connectivity index (χ4n) is 1.04. The lowest BCUT2D eigenvalue weighted by Crippen LogP contribution is -2.47. The van der Waals surface area contributed by atoms with E-state index >= 15 is 0 Å². The number of amides is 1. The average Bonchev–Trinajstić information content (AvgIpc) is 2.15. The zero-order chi connectivity index (χ0) is 13.8. The standard InChI is InChI=1S/C10H22N2O4S/c1-7(2)10(14)11-8(3)9(13)6-12(4)17(5,15)16/h7-9,13H,6H2,1-5H3,(H,11,14)/t8-,9?/m0/s1. The first kappa shape index (κ1) is 16.3. The van der Waals surface area contributed by atoms with Crippen LogP contribution < -0.4 is 5.32 Å². The maximum Gasteiger partial charge on any atom is 0.222 e. The predicted molar refractivity (Wildman–Crippen MR) is 65.9 cm³/mol. The lowest BCUT2D eigenvalue weighted by molar-refractivity contribution is -0.125. The van der Waals surface area contributed by atoms with Crippen molar-refractivity contribution in [3.8, 4) is 0 Å². The Balaban J connectivity index is 4.33. The van der Waals surface area contributed by atoms with Gasteiger partial charge in [0.2, 0.25) is 15.9 Å². The van der Waals surface area contributed by atoms with E-state index in [-0.39, 0.29) is 18.4 Å². The molecule has 2 N–H and O–H groups in total. The second-order valence-corrected chi connectivity index (χ2v) is 6.65. The molecule has 0 radical (unpaired) electrons. The zero-order valence-corrected chi connectivity index (χ0v) is 11.8. The van der Waals surface area contributed by atoms with E-state index in [9.17, 15) is 18.3 Å². The maximum atomic E-state index is 11.4. The molecule has 0 aliphatic heterocycles. The molecule has 0 saturated carbocycles. The second-order valence-electron chi connectivity index (χ2n) is 4.56.